The van der Waals surface area contributed by atoms with Crippen LogP contribution < -0.4 is 10.6 Å². The van der Waals surface area contributed by atoms with Crippen molar-refractivity contribution in [1.82, 2.24) is 10.6 Å². The molecule has 17 heavy (non-hydrogen) atoms. The molecule has 0 fully saturated rings. The predicted octanol–water partition coefficient (Wildman–Crippen LogP) is 1.69. The van der Waals surface area contributed by atoms with Crippen LogP contribution in [0, 0.1) is 11.6 Å². The zero-order chi connectivity index (χ0) is 12.8. The molecule has 2 N–H and O–H groups in total. The summed E-state index contributed by atoms with van der Waals surface area (Å²) in [5.74, 6) is -1.96. The lowest BCUT2D eigenvalue weighted by Gasteiger charge is -2.13. The van der Waals surface area contributed by atoms with Gasteiger partial charge in [0.05, 0.1) is 5.56 Å². The van der Waals surface area contributed by atoms with Crippen molar-refractivity contribution in [3.63, 3.8) is 0 Å². The number of hydrogen-bond acceptors (Lipinski definition) is 2. The summed E-state index contributed by atoms with van der Waals surface area (Å²) in [6, 6.07) is 2.90. The molecule has 1 atom stereocenters. The lowest BCUT2D eigenvalue weighted by Crippen LogP contribution is -2.39. The molecule has 94 valence electrons. The molecule has 0 aromatic heterocycles. The lowest BCUT2D eigenvalue weighted by atomic mass is 10.2. The molecule has 0 aliphatic rings. The smallest absolute Gasteiger partial charge is 0.254 e. The number of benzene rings is 1. The van der Waals surface area contributed by atoms with Gasteiger partial charge >= 0.3 is 0 Å². The molecular weight excluding hydrogens is 226 g/mol. The predicted molar refractivity (Wildman–Crippen MR) is 61.8 cm³/mol. The van der Waals surface area contributed by atoms with Crippen LogP contribution in [0.2, 0.25) is 0 Å². The van der Waals surface area contributed by atoms with E-state index in [0.29, 0.717) is 6.54 Å². The molecule has 0 heterocycles. The Labute approximate surface area is 99.2 Å². The maximum Gasteiger partial charge on any atom is 0.254 e. The number of nitrogens with one attached hydrogen (secondary N) is 2. The maximum atomic E-state index is 13.2. The van der Waals surface area contributed by atoms with Gasteiger partial charge in [-0.3, -0.25) is 4.79 Å². The quantitative estimate of drug-likeness (QED) is 0.825. The van der Waals surface area contributed by atoms with Gasteiger partial charge < -0.3 is 10.6 Å². The van der Waals surface area contributed by atoms with Gasteiger partial charge in [0.2, 0.25) is 0 Å². The Kier molecular flexibility index (Phi) is 5.03. The van der Waals surface area contributed by atoms with Crippen LogP contribution in [0.4, 0.5) is 8.78 Å². The van der Waals surface area contributed by atoms with E-state index in [1.54, 1.807) is 0 Å². The highest BCUT2D eigenvalue weighted by atomic mass is 19.1. The van der Waals surface area contributed by atoms with Gasteiger partial charge in [-0.2, -0.15) is 0 Å². The normalized spacial score (nSPS) is 12.2. The van der Waals surface area contributed by atoms with E-state index >= 15 is 0 Å². The second-order valence-electron chi connectivity index (χ2n) is 3.79. The number of hydrogen-bond donors (Lipinski definition) is 2. The highest BCUT2D eigenvalue weighted by molar-refractivity contribution is 5.94. The van der Waals surface area contributed by atoms with Gasteiger partial charge in [-0.25, -0.2) is 8.78 Å². The molecule has 0 aliphatic carbocycles. The van der Waals surface area contributed by atoms with E-state index in [1.807, 2.05) is 13.8 Å². The van der Waals surface area contributed by atoms with Crippen LogP contribution in [0.15, 0.2) is 18.2 Å². The molecule has 1 aromatic carbocycles. The van der Waals surface area contributed by atoms with Crippen molar-refractivity contribution in [3.05, 3.63) is 35.4 Å². The molecule has 3 nitrogen and oxygen atoms in total. The van der Waals surface area contributed by atoms with E-state index in [1.165, 1.54) is 0 Å². The van der Waals surface area contributed by atoms with Gasteiger partial charge in [0.1, 0.15) is 11.6 Å². The number of carbonyl (C=O) groups excluding carboxylic acids is 1. The van der Waals surface area contributed by atoms with Crippen LogP contribution in [0.25, 0.3) is 0 Å². The summed E-state index contributed by atoms with van der Waals surface area (Å²) in [5.41, 5.74) is -0.270. The Bertz CT molecular complexity index is 396. The first kappa shape index (κ1) is 13.6. The number of rotatable bonds is 5. The van der Waals surface area contributed by atoms with Crippen LogP contribution in [0.5, 0.6) is 0 Å². The standard InChI is InChI=1S/C12H16F2N2O/c1-3-15-8(2)7-16-12(17)10-6-9(13)4-5-11(10)14/h4-6,8,15H,3,7H2,1-2H3,(H,16,17)/t8-/m1/s1. The minimum Gasteiger partial charge on any atom is -0.350 e. The maximum absolute atomic E-state index is 13.2. The zero-order valence-electron chi connectivity index (χ0n) is 9.89. The second kappa shape index (κ2) is 6.30. The highest BCUT2D eigenvalue weighted by Crippen LogP contribution is 2.09. The third kappa shape index (κ3) is 4.11. The van der Waals surface area contributed by atoms with Gasteiger partial charge in [0.15, 0.2) is 0 Å². The van der Waals surface area contributed by atoms with Crippen molar-refractivity contribution in [3.8, 4) is 0 Å². The van der Waals surface area contributed by atoms with Crippen molar-refractivity contribution < 1.29 is 13.6 Å². The Morgan fingerprint density at radius 2 is 2.12 bits per heavy atom. The first-order valence-electron chi connectivity index (χ1n) is 5.51. The Morgan fingerprint density at radius 3 is 2.76 bits per heavy atom. The average molecular weight is 242 g/mol. The molecule has 0 saturated carbocycles. The van der Waals surface area contributed by atoms with E-state index in [-0.39, 0.29) is 11.6 Å². The van der Waals surface area contributed by atoms with Gasteiger partial charge in [-0.05, 0) is 31.7 Å². The zero-order valence-corrected chi connectivity index (χ0v) is 9.89. The number of likely N-dealkylation sites (N-methyl/N-ethyl adjacent to an activating group) is 1. The van der Waals surface area contributed by atoms with Crippen molar-refractivity contribution >= 4 is 5.91 Å². The fraction of sp³-hybridized carbons (Fsp3) is 0.417. The van der Waals surface area contributed by atoms with E-state index in [2.05, 4.69) is 10.6 Å². The van der Waals surface area contributed by atoms with Gasteiger partial charge in [-0.15, -0.1) is 0 Å². The Balaban J connectivity index is 2.61. The van der Waals surface area contributed by atoms with E-state index in [0.717, 1.165) is 24.7 Å². The van der Waals surface area contributed by atoms with E-state index in [9.17, 15) is 13.6 Å². The third-order valence-corrected chi connectivity index (χ3v) is 2.29. The summed E-state index contributed by atoms with van der Waals surface area (Å²) in [6.45, 7) is 4.99. The van der Waals surface area contributed by atoms with Crippen molar-refractivity contribution in [2.75, 3.05) is 13.1 Å². The topological polar surface area (TPSA) is 41.1 Å². The molecule has 1 rings (SSSR count). The molecule has 1 amide bonds. The lowest BCUT2D eigenvalue weighted by molar-refractivity contribution is 0.0945. The third-order valence-electron chi connectivity index (χ3n) is 2.29. The first-order valence-corrected chi connectivity index (χ1v) is 5.51. The summed E-state index contributed by atoms with van der Waals surface area (Å²) in [4.78, 5) is 11.6. The van der Waals surface area contributed by atoms with Crippen LogP contribution in [-0.2, 0) is 0 Å². The summed E-state index contributed by atoms with van der Waals surface area (Å²) < 4.78 is 26.1. The minimum absolute atomic E-state index is 0.0839. The largest absolute Gasteiger partial charge is 0.350 e. The van der Waals surface area contributed by atoms with E-state index < -0.39 is 17.5 Å². The molecule has 0 aliphatic heterocycles. The van der Waals surface area contributed by atoms with Gasteiger partial charge in [-0.1, -0.05) is 6.92 Å². The summed E-state index contributed by atoms with van der Waals surface area (Å²) in [6.07, 6.45) is 0. The summed E-state index contributed by atoms with van der Waals surface area (Å²) >= 11 is 0. The summed E-state index contributed by atoms with van der Waals surface area (Å²) in [7, 11) is 0. The van der Waals surface area contributed by atoms with Gasteiger partial charge in [0.25, 0.3) is 5.91 Å². The van der Waals surface area contributed by atoms with Crippen LogP contribution in [-0.4, -0.2) is 25.0 Å². The molecule has 5 heteroatoms. The number of amides is 1. The van der Waals surface area contributed by atoms with Crippen molar-refractivity contribution in [2.24, 2.45) is 0 Å². The molecule has 1 aromatic rings. The highest BCUT2D eigenvalue weighted by Gasteiger charge is 2.13. The second-order valence-corrected chi connectivity index (χ2v) is 3.79. The molecule has 0 unspecified atom stereocenters. The minimum atomic E-state index is -0.722. The molecular formula is C12H16F2N2O. The molecule has 0 saturated heterocycles. The van der Waals surface area contributed by atoms with Crippen LogP contribution in [0.1, 0.15) is 24.2 Å². The fourth-order valence-corrected chi connectivity index (χ4v) is 1.43. The van der Waals surface area contributed by atoms with Crippen LogP contribution >= 0.6 is 0 Å². The van der Waals surface area contributed by atoms with E-state index in [4.69, 9.17) is 0 Å². The molecule has 0 spiro atoms. The SMILES string of the molecule is CCN[C@H](C)CNC(=O)c1cc(F)ccc1F. The fourth-order valence-electron chi connectivity index (χ4n) is 1.43. The molecule has 0 bridgehead atoms. The number of halogens is 2. The van der Waals surface area contributed by atoms with Crippen LogP contribution in [0.3, 0.4) is 0 Å². The van der Waals surface area contributed by atoms with Gasteiger partial charge in [0, 0.05) is 12.6 Å². The monoisotopic (exact) mass is 242 g/mol. The number of carbonyl (C=O) groups is 1. The summed E-state index contributed by atoms with van der Waals surface area (Å²) in [5, 5.41) is 5.64. The molecule has 0 radical (unpaired) electrons. The first-order chi connectivity index (χ1) is 8.04. The van der Waals surface area contributed by atoms with Crippen molar-refractivity contribution in [1.29, 1.82) is 0 Å². The van der Waals surface area contributed by atoms with Crippen molar-refractivity contribution in [2.45, 2.75) is 19.9 Å². The average Bonchev–Trinajstić information content (AvgIpc) is 2.29. The Morgan fingerprint density at radius 1 is 1.41 bits per heavy atom. The Hall–Kier alpha value is -1.49.